The Morgan fingerprint density at radius 3 is 2.39 bits per heavy atom. The summed E-state index contributed by atoms with van der Waals surface area (Å²) in [7, 11) is 0. The standard InChI is InChI=1S/C23H28N6O4/c30-21(26-8-10-28(11-9-26)23-24-6-3-7-25-23)17-29-16-20(22(31)27-12-14-32-15-13-27)33-19-5-2-1-4-18(19)29/h1-7,20H,8-17H2/t20-/m0/s1. The molecule has 4 heterocycles. The SMILES string of the molecule is O=C(CN1C[C@@H](C(=O)N2CCOCC2)Oc2ccccc21)N1CCN(c2ncccn2)CC1. The number of morpholine rings is 1. The van der Waals surface area contributed by atoms with Gasteiger partial charge in [-0.25, -0.2) is 9.97 Å². The second-order valence-electron chi connectivity index (χ2n) is 8.31. The molecule has 0 spiro atoms. The van der Waals surface area contributed by atoms with Crippen LogP contribution in [0.5, 0.6) is 5.75 Å². The summed E-state index contributed by atoms with van der Waals surface area (Å²) in [6.07, 6.45) is 2.81. The lowest BCUT2D eigenvalue weighted by Crippen LogP contribution is -2.55. The van der Waals surface area contributed by atoms with Crippen molar-refractivity contribution in [2.75, 3.05) is 75.4 Å². The Balaban J connectivity index is 1.24. The van der Waals surface area contributed by atoms with Crippen LogP contribution >= 0.6 is 0 Å². The Morgan fingerprint density at radius 1 is 0.909 bits per heavy atom. The first-order chi connectivity index (χ1) is 16.2. The van der Waals surface area contributed by atoms with Gasteiger partial charge in [-0.05, 0) is 18.2 Å². The van der Waals surface area contributed by atoms with E-state index in [1.807, 2.05) is 34.1 Å². The molecule has 3 aliphatic heterocycles. The van der Waals surface area contributed by atoms with Gasteiger partial charge in [-0.3, -0.25) is 9.59 Å². The first kappa shape index (κ1) is 21.4. The van der Waals surface area contributed by atoms with Gasteiger partial charge in [-0.15, -0.1) is 0 Å². The van der Waals surface area contributed by atoms with Crippen molar-refractivity contribution in [3.8, 4) is 5.75 Å². The molecule has 5 rings (SSSR count). The monoisotopic (exact) mass is 452 g/mol. The van der Waals surface area contributed by atoms with Crippen molar-refractivity contribution in [3.63, 3.8) is 0 Å². The fraction of sp³-hybridized carbons (Fsp3) is 0.478. The Hall–Kier alpha value is -3.40. The highest BCUT2D eigenvalue weighted by Crippen LogP contribution is 2.33. The van der Waals surface area contributed by atoms with Crippen LogP contribution in [0.2, 0.25) is 0 Å². The van der Waals surface area contributed by atoms with Gasteiger partial charge in [0.15, 0.2) is 6.10 Å². The lowest BCUT2D eigenvalue weighted by molar-refractivity contribution is -0.143. The highest BCUT2D eigenvalue weighted by Gasteiger charge is 2.35. The number of aromatic nitrogens is 2. The number of carbonyl (C=O) groups excluding carboxylic acids is 2. The van der Waals surface area contributed by atoms with Crippen LogP contribution in [0, 0.1) is 0 Å². The van der Waals surface area contributed by atoms with Crippen molar-refractivity contribution in [1.82, 2.24) is 19.8 Å². The number of hydrogen-bond acceptors (Lipinski definition) is 8. The molecule has 0 bridgehead atoms. The molecule has 10 heteroatoms. The molecule has 0 radical (unpaired) electrons. The largest absolute Gasteiger partial charge is 0.477 e. The average molecular weight is 453 g/mol. The number of rotatable bonds is 4. The topological polar surface area (TPSA) is 91.3 Å². The van der Waals surface area contributed by atoms with Gasteiger partial charge in [-0.1, -0.05) is 12.1 Å². The van der Waals surface area contributed by atoms with Crippen LogP contribution in [0.1, 0.15) is 0 Å². The first-order valence-corrected chi connectivity index (χ1v) is 11.4. The number of piperazine rings is 1. The molecule has 1 atom stereocenters. The maximum atomic E-state index is 13.2. The van der Waals surface area contributed by atoms with Crippen molar-refractivity contribution in [1.29, 1.82) is 0 Å². The van der Waals surface area contributed by atoms with Crippen LogP contribution in [0.15, 0.2) is 42.7 Å². The number of amides is 2. The predicted molar refractivity (Wildman–Crippen MR) is 121 cm³/mol. The van der Waals surface area contributed by atoms with E-state index in [2.05, 4.69) is 14.9 Å². The third kappa shape index (κ3) is 4.70. The molecule has 0 saturated carbocycles. The van der Waals surface area contributed by atoms with E-state index in [0.29, 0.717) is 70.7 Å². The van der Waals surface area contributed by atoms with Crippen molar-refractivity contribution >= 4 is 23.5 Å². The molecule has 10 nitrogen and oxygen atoms in total. The van der Waals surface area contributed by atoms with Crippen LogP contribution in [0.4, 0.5) is 11.6 Å². The summed E-state index contributed by atoms with van der Waals surface area (Å²) < 4.78 is 11.4. The van der Waals surface area contributed by atoms with Crippen molar-refractivity contribution < 1.29 is 19.1 Å². The molecule has 3 aliphatic rings. The fourth-order valence-corrected chi connectivity index (χ4v) is 4.45. The lowest BCUT2D eigenvalue weighted by atomic mass is 10.1. The summed E-state index contributed by atoms with van der Waals surface area (Å²) in [5.41, 5.74) is 0.841. The number of ether oxygens (including phenoxy) is 2. The van der Waals surface area contributed by atoms with Gasteiger partial charge in [0.05, 0.1) is 32.0 Å². The zero-order chi connectivity index (χ0) is 22.6. The van der Waals surface area contributed by atoms with Gasteiger partial charge in [0.1, 0.15) is 5.75 Å². The summed E-state index contributed by atoms with van der Waals surface area (Å²) in [5.74, 6) is 1.31. The van der Waals surface area contributed by atoms with E-state index < -0.39 is 6.10 Å². The zero-order valence-electron chi connectivity index (χ0n) is 18.5. The molecule has 1 aromatic carbocycles. The lowest BCUT2D eigenvalue weighted by Gasteiger charge is -2.39. The second-order valence-corrected chi connectivity index (χ2v) is 8.31. The van der Waals surface area contributed by atoms with E-state index in [4.69, 9.17) is 9.47 Å². The first-order valence-electron chi connectivity index (χ1n) is 11.4. The third-order valence-electron chi connectivity index (χ3n) is 6.25. The number of anilines is 2. The number of fused-ring (bicyclic) bond motifs is 1. The Kier molecular flexibility index (Phi) is 6.25. The molecular weight excluding hydrogens is 424 g/mol. The number of nitrogens with zero attached hydrogens (tertiary/aromatic N) is 6. The number of para-hydroxylation sites is 2. The van der Waals surface area contributed by atoms with Gasteiger partial charge in [0.2, 0.25) is 11.9 Å². The third-order valence-corrected chi connectivity index (χ3v) is 6.25. The molecule has 174 valence electrons. The van der Waals surface area contributed by atoms with Gasteiger partial charge >= 0.3 is 0 Å². The van der Waals surface area contributed by atoms with E-state index >= 15 is 0 Å². The van der Waals surface area contributed by atoms with E-state index in [9.17, 15) is 9.59 Å². The predicted octanol–water partition coefficient (Wildman–Crippen LogP) is 0.252. The normalized spacial score (nSPS) is 20.8. The quantitative estimate of drug-likeness (QED) is 0.652. The second kappa shape index (κ2) is 9.62. The number of carbonyl (C=O) groups is 2. The summed E-state index contributed by atoms with van der Waals surface area (Å²) in [5, 5.41) is 0. The van der Waals surface area contributed by atoms with Crippen LogP contribution in [-0.4, -0.2) is 103 Å². The van der Waals surface area contributed by atoms with Crippen LogP contribution in [-0.2, 0) is 14.3 Å². The van der Waals surface area contributed by atoms with E-state index in [1.54, 1.807) is 23.4 Å². The minimum absolute atomic E-state index is 0.0397. The molecule has 33 heavy (non-hydrogen) atoms. The minimum atomic E-state index is -0.641. The minimum Gasteiger partial charge on any atom is -0.477 e. The number of hydrogen-bond donors (Lipinski definition) is 0. The summed E-state index contributed by atoms with van der Waals surface area (Å²) in [4.78, 5) is 42.6. The summed E-state index contributed by atoms with van der Waals surface area (Å²) in [6.45, 7) is 5.35. The zero-order valence-corrected chi connectivity index (χ0v) is 18.5. The van der Waals surface area contributed by atoms with E-state index in [-0.39, 0.29) is 18.4 Å². The smallest absolute Gasteiger partial charge is 0.265 e. The van der Waals surface area contributed by atoms with Crippen LogP contribution in [0.3, 0.4) is 0 Å². The Labute approximate surface area is 192 Å². The number of benzene rings is 1. The molecule has 0 N–H and O–H groups in total. The van der Waals surface area contributed by atoms with Gasteiger partial charge in [0.25, 0.3) is 5.91 Å². The van der Waals surface area contributed by atoms with Crippen molar-refractivity contribution in [2.24, 2.45) is 0 Å². The van der Waals surface area contributed by atoms with Crippen molar-refractivity contribution in [2.45, 2.75) is 6.10 Å². The molecule has 0 unspecified atom stereocenters. The van der Waals surface area contributed by atoms with Gasteiger partial charge in [-0.2, -0.15) is 0 Å². The fourth-order valence-electron chi connectivity index (χ4n) is 4.45. The summed E-state index contributed by atoms with van der Waals surface area (Å²) in [6, 6.07) is 9.38. The molecular formula is C23H28N6O4. The van der Waals surface area contributed by atoms with Crippen LogP contribution in [0.25, 0.3) is 0 Å². The van der Waals surface area contributed by atoms with Gasteiger partial charge in [0, 0.05) is 51.7 Å². The highest BCUT2D eigenvalue weighted by molar-refractivity contribution is 5.86. The molecule has 2 fully saturated rings. The van der Waals surface area contributed by atoms with E-state index in [1.165, 1.54) is 0 Å². The van der Waals surface area contributed by atoms with Gasteiger partial charge < -0.3 is 29.1 Å². The molecule has 0 aliphatic carbocycles. The van der Waals surface area contributed by atoms with E-state index in [0.717, 1.165) is 5.69 Å². The molecule has 2 aromatic rings. The Bertz CT molecular complexity index is 976. The Morgan fingerprint density at radius 2 is 1.64 bits per heavy atom. The molecule has 1 aromatic heterocycles. The van der Waals surface area contributed by atoms with Crippen LogP contribution < -0.4 is 14.5 Å². The average Bonchev–Trinajstić information content (AvgIpc) is 2.89. The maximum Gasteiger partial charge on any atom is 0.265 e. The highest BCUT2D eigenvalue weighted by atomic mass is 16.5. The summed E-state index contributed by atoms with van der Waals surface area (Å²) >= 11 is 0. The molecule has 2 amide bonds. The maximum absolute atomic E-state index is 13.2. The van der Waals surface area contributed by atoms with Crippen molar-refractivity contribution in [3.05, 3.63) is 42.7 Å². The molecule has 2 saturated heterocycles.